The third-order valence-electron chi connectivity index (χ3n) is 10.8. The smallest absolute Gasteiger partial charge is 0.145 e. The number of hydrogen-bond donors (Lipinski definition) is 0. The molecule has 5 heterocycles. The molecular formula is C45H26N4. The zero-order valence-electron chi connectivity index (χ0n) is 26.3. The first-order valence-corrected chi connectivity index (χ1v) is 16.8. The number of para-hydroxylation sites is 3. The maximum Gasteiger partial charge on any atom is 0.145 e. The Morgan fingerprint density at radius 2 is 0.959 bits per heavy atom. The van der Waals surface area contributed by atoms with Gasteiger partial charge in [-0.2, -0.15) is 0 Å². The van der Waals surface area contributed by atoms with Crippen molar-refractivity contribution < 1.29 is 0 Å². The third kappa shape index (κ3) is 3.12. The maximum atomic E-state index is 4.84. The molecule has 5 aromatic heterocycles. The van der Waals surface area contributed by atoms with Crippen molar-refractivity contribution in [3.05, 3.63) is 158 Å². The average Bonchev–Trinajstić information content (AvgIpc) is 3.89. The van der Waals surface area contributed by atoms with E-state index in [9.17, 15) is 0 Å². The summed E-state index contributed by atoms with van der Waals surface area (Å²) < 4.78 is 7.29. The second kappa shape index (κ2) is 9.03. The molecular weight excluding hydrogens is 597 g/mol. The highest BCUT2D eigenvalue weighted by atomic mass is 15.0. The molecule has 0 bridgehead atoms. The zero-order valence-corrected chi connectivity index (χ0v) is 26.3. The average molecular weight is 623 g/mol. The molecule has 0 aliphatic heterocycles. The lowest BCUT2D eigenvalue weighted by Gasteiger charge is -2.13. The van der Waals surface area contributed by atoms with Crippen LogP contribution in [0.3, 0.4) is 0 Å². The largest absolute Gasteiger partial charge is 0.308 e. The van der Waals surface area contributed by atoms with Gasteiger partial charge in [-0.1, -0.05) is 91.0 Å². The minimum absolute atomic E-state index is 0.972. The highest BCUT2D eigenvalue weighted by molar-refractivity contribution is 6.35. The van der Waals surface area contributed by atoms with E-state index < -0.39 is 0 Å². The summed E-state index contributed by atoms with van der Waals surface area (Å²) in [5.74, 6) is 0. The van der Waals surface area contributed by atoms with E-state index in [2.05, 4.69) is 159 Å². The van der Waals surface area contributed by atoms with Gasteiger partial charge in [-0.3, -0.25) is 4.57 Å². The summed E-state index contributed by atoms with van der Waals surface area (Å²) in [6.07, 6.45) is 1.89. The van der Waals surface area contributed by atoms with Crippen molar-refractivity contribution in [1.82, 2.24) is 18.5 Å². The number of fused-ring (bicyclic) bond motifs is 15. The van der Waals surface area contributed by atoms with Crippen LogP contribution in [-0.4, -0.2) is 18.5 Å². The van der Waals surface area contributed by atoms with Crippen LogP contribution in [0.25, 0.3) is 104 Å². The second-order valence-corrected chi connectivity index (χ2v) is 13.2. The van der Waals surface area contributed by atoms with Gasteiger partial charge in [-0.25, -0.2) is 4.98 Å². The molecule has 4 heteroatoms. The van der Waals surface area contributed by atoms with Gasteiger partial charge in [0.05, 0.1) is 33.1 Å². The van der Waals surface area contributed by atoms with Crippen molar-refractivity contribution in [3.8, 4) is 11.4 Å². The Kier molecular flexibility index (Phi) is 4.69. The molecule has 0 unspecified atom stereocenters. The predicted octanol–water partition coefficient (Wildman–Crippen LogP) is 11.6. The molecule has 0 fully saturated rings. The first-order chi connectivity index (χ1) is 24.3. The lowest BCUT2D eigenvalue weighted by molar-refractivity contribution is 1.12. The van der Waals surface area contributed by atoms with Gasteiger partial charge in [0.2, 0.25) is 0 Å². The molecule has 7 aromatic carbocycles. The van der Waals surface area contributed by atoms with Gasteiger partial charge in [0.1, 0.15) is 5.65 Å². The number of rotatable bonds is 2. The molecule has 0 aliphatic rings. The number of pyridine rings is 1. The highest BCUT2D eigenvalue weighted by Crippen LogP contribution is 2.47. The van der Waals surface area contributed by atoms with Crippen molar-refractivity contribution in [2.75, 3.05) is 0 Å². The van der Waals surface area contributed by atoms with Crippen molar-refractivity contribution in [2.45, 2.75) is 0 Å². The molecule has 4 nitrogen and oxygen atoms in total. The summed E-state index contributed by atoms with van der Waals surface area (Å²) in [4.78, 5) is 4.84. The predicted molar refractivity (Wildman–Crippen MR) is 205 cm³/mol. The van der Waals surface area contributed by atoms with Gasteiger partial charge in [-0.15, -0.1) is 0 Å². The van der Waals surface area contributed by atoms with Crippen LogP contribution >= 0.6 is 0 Å². The van der Waals surface area contributed by atoms with Crippen LogP contribution < -0.4 is 0 Å². The van der Waals surface area contributed by atoms with Crippen LogP contribution in [-0.2, 0) is 0 Å². The van der Waals surface area contributed by atoms with E-state index in [1.54, 1.807) is 0 Å². The van der Waals surface area contributed by atoms with Crippen molar-refractivity contribution in [3.63, 3.8) is 0 Å². The Morgan fingerprint density at radius 3 is 1.76 bits per heavy atom. The molecule has 49 heavy (non-hydrogen) atoms. The fourth-order valence-corrected chi connectivity index (χ4v) is 8.83. The summed E-state index contributed by atoms with van der Waals surface area (Å²) in [6.45, 7) is 0. The zero-order chi connectivity index (χ0) is 31.8. The third-order valence-corrected chi connectivity index (χ3v) is 10.8. The lowest BCUT2D eigenvalue weighted by atomic mass is 10.0. The summed E-state index contributed by atoms with van der Waals surface area (Å²) in [7, 11) is 0. The van der Waals surface area contributed by atoms with Crippen LogP contribution in [0.1, 0.15) is 0 Å². The molecule has 226 valence electrons. The topological polar surface area (TPSA) is 27.2 Å². The van der Waals surface area contributed by atoms with Crippen molar-refractivity contribution >= 4 is 92.6 Å². The Labute approximate surface area is 279 Å². The van der Waals surface area contributed by atoms with E-state index in [1.807, 2.05) is 12.3 Å². The van der Waals surface area contributed by atoms with Gasteiger partial charge in [0, 0.05) is 66.0 Å². The first-order valence-electron chi connectivity index (χ1n) is 16.8. The second-order valence-electron chi connectivity index (χ2n) is 13.2. The Morgan fingerprint density at radius 1 is 0.367 bits per heavy atom. The number of benzene rings is 7. The fourth-order valence-electron chi connectivity index (χ4n) is 8.83. The normalized spacial score (nSPS) is 12.5. The summed E-state index contributed by atoms with van der Waals surface area (Å²) >= 11 is 0. The minimum Gasteiger partial charge on any atom is -0.308 e. The molecule has 0 N–H and O–H groups in total. The summed E-state index contributed by atoms with van der Waals surface area (Å²) in [5.41, 5.74) is 10.6. The quantitative estimate of drug-likeness (QED) is 0.188. The van der Waals surface area contributed by atoms with E-state index in [4.69, 9.17) is 4.98 Å². The lowest BCUT2D eigenvalue weighted by Crippen LogP contribution is -1.98. The van der Waals surface area contributed by atoms with E-state index in [1.165, 1.54) is 76.1 Å². The Bertz CT molecular complexity index is 3270. The van der Waals surface area contributed by atoms with Gasteiger partial charge in [0.15, 0.2) is 0 Å². The van der Waals surface area contributed by atoms with Crippen LogP contribution in [0.4, 0.5) is 0 Å². The van der Waals surface area contributed by atoms with Crippen LogP contribution in [0, 0.1) is 0 Å². The van der Waals surface area contributed by atoms with Gasteiger partial charge < -0.3 is 8.97 Å². The molecule has 0 saturated heterocycles. The SMILES string of the molecule is c1ccc2c(c1)ccc1c3cc4c5ccccc5n5c6ccccc6c(c3n(-c3ccc(-n6c7ccccc7c7cccnc76)cc3)c21)c45. The fraction of sp³-hybridized carbons (Fsp3) is 0. The molecule has 0 spiro atoms. The Balaban J connectivity index is 1.25. The number of nitrogens with zero attached hydrogens (tertiary/aromatic N) is 4. The van der Waals surface area contributed by atoms with Gasteiger partial charge >= 0.3 is 0 Å². The Hall–Kier alpha value is -6.65. The number of hydrogen-bond acceptors (Lipinski definition) is 1. The van der Waals surface area contributed by atoms with Crippen LogP contribution in [0.5, 0.6) is 0 Å². The maximum absolute atomic E-state index is 4.84. The van der Waals surface area contributed by atoms with E-state index >= 15 is 0 Å². The van der Waals surface area contributed by atoms with E-state index in [0.29, 0.717) is 0 Å². The molecule has 0 amide bonds. The van der Waals surface area contributed by atoms with E-state index in [-0.39, 0.29) is 0 Å². The van der Waals surface area contributed by atoms with E-state index in [0.717, 1.165) is 27.9 Å². The van der Waals surface area contributed by atoms with Gasteiger partial charge in [-0.05, 0) is 66.0 Å². The first kappa shape index (κ1) is 25.4. The van der Waals surface area contributed by atoms with Crippen LogP contribution in [0.15, 0.2) is 158 Å². The number of aromatic nitrogens is 4. The standard InChI is InChI=1S/C45H26N4/c1-2-11-30-27(10-1)19-24-33-37-26-36-32-13-4-7-17-39(32)49-40-18-8-5-14-35(40)41(44(36)49)43(37)48(42(30)33)29-22-20-28(21-23-29)47-38-16-6-3-12-31(38)34-15-9-25-46-45(34)47/h1-26H. The molecule has 0 atom stereocenters. The molecule has 12 rings (SSSR count). The van der Waals surface area contributed by atoms with Crippen LogP contribution in [0.2, 0.25) is 0 Å². The molecule has 0 radical (unpaired) electrons. The van der Waals surface area contributed by atoms with Crippen molar-refractivity contribution in [1.29, 1.82) is 0 Å². The molecule has 0 aliphatic carbocycles. The summed E-state index contributed by atoms with van der Waals surface area (Å²) in [6, 6.07) is 55.4. The minimum atomic E-state index is 0.972. The monoisotopic (exact) mass is 622 g/mol. The highest BCUT2D eigenvalue weighted by Gasteiger charge is 2.25. The molecule has 12 aromatic rings. The summed E-state index contributed by atoms with van der Waals surface area (Å²) in [5, 5.41) is 12.6. The van der Waals surface area contributed by atoms with Gasteiger partial charge in [0.25, 0.3) is 0 Å². The molecule has 0 saturated carbocycles. The van der Waals surface area contributed by atoms with Crippen molar-refractivity contribution in [2.24, 2.45) is 0 Å².